The monoisotopic (exact) mass is 262 g/mol. The van der Waals surface area contributed by atoms with Gasteiger partial charge >= 0.3 is 0 Å². The van der Waals surface area contributed by atoms with Crippen LogP contribution in [0.25, 0.3) is 0 Å². The van der Waals surface area contributed by atoms with Crippen LogP contribution < -0.4 is 5.32 Å². The highest BCUT2D eigenvalue weighted by Crippen LogP contribution is 2.15. The Balaban J connectivity index is 0.00000144. The Hall–Kier alpha value is -0.320. The Labute approximate surface area is 109 Å². The molecule has 100 valence electrons. The molecule has 2 fully saturated rings. The molecule has 2 atom stereocenters. The molecular weight excluding hydrogens is 240 g/mol. The number of nitrogens with one attached hydrogen (secondary N) is 1. The third-order valence-corrected chi connectivity index (χ3v) is 3.49. The van der Waals surface area contributed by atoms with E-state index in [0.717, 1.165) is 39.0 Å². The number of carbonyl (C=O) groups excluding carboxylic acids is 1. The summed E-state index contributed by atoms with van der Waals surface area (Å²) in [7, 11) is 1.89. The number of ether oxygens (including phenoxy) is 1. The minimum Gasteiger partial charge on any atom is -0.376 e. The van der Waals surface area contributed by atoms with E-state index in [0.29, 0.717) is 0 Å². The fourth-order valence-corrected chi connectivity index (χ4v) is 2.51. The number of nitrogens with zero attached hydrogens (tertiary/aromatic N) is 1. The molecule has 0 spiro atoms. The Morgan fingerprint density at radius 1 is 1.35 bits per heavy atom. The number of carbonyl (C=O) groups is 1. The SMILES string of the molecule is CN(CC1CCCCO1)C(=O)C1CCCN1.Cl. The van der Waals surface area contributed by atoms with Crippen molar-refractivity contribution < 1.29 is 9.53 Å². The summed E-state index contributed by atoms with van der Waals surface area (Å²) < 4.78 is 5.65. The highest BCUT2D eigenvalue weighted by atomic mass is 35.5. The zero-order valence-corrected chi connectivity index (χ0v) is 11.3. The molecule has 1 amide bonds. The number of rotatable bonds is 3. The number of halogens is 1. The van der Waals surface area contributed by atoms with Gasteiger partial charge in [0, 0.05) is 20.2 Å². The number of likely N-dealkylation sites (N-methyl/N-ethyl adjacent to an activating group) is 1. The molecule has 2 rings (SSSR count). The molecule has 2 unspecified atom stereocenters. The van der Waals surface area contributed by atoms with Crippen LogP contribution in [0.5, 0.6) is 0 Å². The van der Waals surface area contributed by atoms with Crippen molar-refractivity contribution in [1.82, 2.24) is 10.2 Å². The van der Waals surface area contributed by atoms with Crippen molar-refractivity contribution in [3.8, 4) is 0 Å². The van der Waals surface area contributed by atoms with Crippen LogP contribution in [0.1, 0.15) is 32.1 Å². The van der Waals surface area contributed by atoms with Crippen LogP contribution in [0, 0.1) is 0 Å². The van der Waals surface area contributed by atoms with Crippen LogP contribution in [0.15, 0.2) is 0 Å². The standard InChI is InChI=1S/C12H22N2O2.ClH/c1-14(9-10-5-2-3-8-16-10)12(15)11-6-4-7-13-11;/h10-11,13H,2-9H2,1H3;1H. The summed E-state index contributed by atoms with van der Waals surface area (Å²) in [6.45, 7) is 2.58. The van der Waals surface area contributed by atoms with E-state index in [9.17, 15) is 4.79 Å². The van der Waals surface area contributed by atoms with Gasteiger partial charge in [0.05, 0.1) is 12.1 Å². The summed E-state index contributed by atoms with van der Waals surface area (Å²) in [5.74, 6) is 0.228. The molecule has 0 aromatic heterocycles. The van der Waals surface area contributed by atoms with Crippen LogP contribution in [0.4, 0.5) is 0 Å². The van der Waals surface area contributed by atoms with Gasteiger partial charge in [0.25, 0.3) is 0 Å². The van der Waals surface area contributed by atoms with Crippen LogP contribution in [0.3, 0.4) is 0 Å². The first kappa shape index (κ1) is 14.7. The second-order valence-corrected chi connectivity index (χ2v) is 4.86. The van der Waals surface area contributed by atoms with Gasteiger partial charge in [-0.25, -0.2) is 0 Å². The molecule has 2 aliphatic heterocycles. The Morgan fingerprint density at radius 3 is 2.76 bits per heavy atom. The topological polar surface area (TPSA) is 41.6 Å². The lowest BCUT2D eigenvalue weighted by Gasteiger charge is -2.28. The largest absolute Gasteiger partial charge is 0.376 e. The van der Waals surface area contributed by atoms with E-state index in [1.54, 1.807) is 0 Å². The van der Waals surface area contributed by atoms with E-state index < -0.39 is 0 Å². The Bertz CT molecular complexity index is 239. The number of hydrogen-bond acceptors (Lipinski definition) is 3. The first-order chi connectivity index (χ1) is 7.77. The summed E-state index contributed by atoms with van der Waals surface area (Å²) in [5.41, 5.74) is 0. The third-order valence-electron chi connectivity index (χ3n) is 3.49. The molecule has 2 saturated heterocycles. The smallest absolute Gasteiger partial charge is 0.239 e. The maximum Gasteiger partial charge on any atom is 0.239 e. The molecule has 5 heteroatoms. The third kappa shape index (κ3) is 4.12. The molecule has 0 saturated carbocycles. The van der Waals surface area contributed by atoms with Crippen molar-refractivity contribution >= 4 is 18.3 Å². The van der Waals surface area contributed by atoms with Crippen molar-refractivity contribution in [2.75, 3.05) is 26.7 Å². The zero-order valence-electron chi connectivity index (χ0n) is 10.5. The highest BCUT2D eigenvalue weighted by molar-refractivity contribution is 5.85. The molecule has 1 N–H and O–H groups in total. The predicted molar refractivity (Wildman–Crippen MR) is 69.5 cm³/mol. The van der Waals surface area contributed by atoms with E-state index in [2.05, 4.69) is 5.32 Å². The molecule has 4 nitrogen and oxygen atoms in total. The summed E-state index contributed by atoms with van der Waals surface area (Å²) >= 11 is 0. The summed E-state index contributed by atoms with van der Waals surface area (Å²) in [6, 6.07) is 0.0496. The fraction of sp³-hybridized carbons (Fsp3) is 0.917. The normalized spacial score (nSPS) is 28.5. The van der Waals surface area contributed by atoms with Gasteiger partial charge < -0.3 is 15.0 Å². The highest BCUT2D eigenvalue weighted by Gasteiger charge is 2.26. The molecule has 2 aliphatic rings. The van der Waals surface area contributed by atoms with Crippen molar-refractivity contribution in [2.24, 2.45) is 0 Å². The molecule has 0 radical (unpaired) electrons. The molecule has 17 heavy (non-hydrogen) atoms. The van der Waals surface area contributed by atoms with Crippen molar-refractivity contribution in [3.05, 3.63) is 0 Å². The summed E-state index contributed by atoms with van der Waals surface area (Å²) in [6.07, 6.45) is 5.84. The van der Waals surface area contributed by atoms with Gasteiger partial charge in [-0.3, -0.25) is 4.79 Å². The minimum atomic E-state index is 0. The molecule has 0 aliphatic carbocycles. The van der Waals surface area contributed by atoms with Crippen molar-refractivity contribution in [1.29, 1.82) is 0 Å². The first-order valence-corrected chi connectivity index (χ1v) is 6.37. The average molecular weight is 263 g/mol. The fourth-order valence-electron chi connectivity index (χ4n) is 2.51. The van der Waals surface area contributed by atoms with Gasteiger partial charge in [-0.15, -0.1) is 12.4 Å². The van der Waals surface area contributed by atoms with Crippen molar-refractivity contribution in [2.45, 2.75) is 44.2 Å². The van der Waals surface area contributed by atoms with Crippen LogP contribution in [0.2, 0.25) is 0 Å². The zero-order chi connectivity index (χ0) is 11.4. The predicted octanol–water partition coefficient (Wildman–Crippen LogP) is 1.19. The van der Waals surface area contributed by atoms with Crippen molar-refractivity contribution in [3.63, 3.8) is 0 Å². The van der Waals surface area contributed by atoms with Gasteiger partial charge in [-0.05, 0) is 38.6 Å². The maximum absolute atomic E-state index is 12.0. The maximum atomic E-state index is 12.0. The molecule has 0 aromatic rings. The van der Waals surface area contributed by atoms with E-state index >= 15 is 0 Å². The van der Waals surface area contributed by atoms with Gasteiger partial charge in [-0.2, -0.15) is 0 Å². The number of hydrogen-bond donors (Lipinski definition) is 1. The molecule has 0 bridgehead atoms. The molecule has 2 heterocycles. The van der Waals surface area contributed by atoms with E-state index in [1.165, 1.54) is 12.8 Å². The Morgan fingerprint density at radius 2 is 2.18 bits per heavy atom. The average Bonchev–Trinajstić information content (AvgIpc) is 2.83. The van der Waals surface area contributed by atoms with Gasteiger partial charge in [-0.1, -0.05) is 0 Å². The second kappa shape index (κ2) is 7.19. The van der Waals surface area contributed by atoms with Gasteiger partial charge in [0.2, 0.25) is 5.91 Å². The Kier molecular flexibility index (Phi) is 6.23. The summed E-state index contributed by atoms with van der Waals surface area (Å²) in [5, 5.41) is 3.24. The van der Waals surface area contributed by atoms with E-state index in [-0.39, 0.29) is 30.5 Å². The van der Waals surface area contributed by atoms with E-state index in [1.807, 2.05) is 11.9 Å². The lowest BCUT2D eigenvalue weighted by atomic mass is 10.1. The lowest BCUT2D eigenvalue weighted by molar-refractivity contribution is -0.134. The van der Waals surface area contributed by atoms with Crippen LogP contribution >= 0.6 is 12.4 Å². The first-order valence-electron chi connectivity index (χ1n) is 6.37. The van der Waals surface area contributed by atoms with E-state index in [4.69, 9.17) is 4.74 Å². The summed E-state index contributed by atoms with van der Waals surface area (Å²) in [4.78, 5) is 13.9. The molecular formula is C12H23ClN2O2. The molecule has 0 aromatic carbocycles. The van der Waals surface area contributed by atoms with Gasteiger partial charge in [0.15, 0.2) is 0 Å². The van der Waals surface area contributed by atoms with Crippen LogP contribution in [-0.2, 0) is 9.53 Å². The quantitative estimate of drug-likeness (QED) is 0.831. The lowest BCUT2D eigenvalue weighted by Crippen LogP contribution is -2.45. The van der Waals surface area contributed by atoms with Gasteiger partial charge in [0.1, 0.15) is 0 Å². The number of amides is 1. The van der Waals surface area contributed by atoms with Crippen LogP contribution in [-0.4, -0.2) is 49.7 Å². The second-order valence-electron chi connectivity index (χ2n) is 4.86. The minimum absolute atomic E-state index is 0.